The number of nitrogens with one attached hydrogen (secondary N) is 2. The van der Waals surface area contributed by atoms with Gasteiger partial charge in [-0.3, -0.25) is 9.89 Å². The molecule has 4 rings (SSSR count). The molecule has 0 saturated heterocycles. The molecule has 2 heterocycles. The Labute approximate surface area is 167 Å². The summed E-state index contributed by atoms with van der Waals surface area (Å²) < 4.78 is 54.6. The highest BCUT2D eigenvalue weighted by atomic mass is 32.2. The number of rotatable bonds is 5. The third-order valence-corrected chi connectivity index (χ3v) is 7.37. The third-order valence-electron chi connectivity index (χ3n) is 5.65. The van der Waals surface area contributed by atoms with Crippen LogP contribution in [-0.4, -0.2) is 40.8 Å². The number of halogens is 2. The van der Waals surface area contributed by atoms with E-state index in [1.807, 2.05) is 19.1 Å². The van der Waals surface area contributed by atoms with Crippen LogP contribution in [0.2, 0.25) is 0 Å². The minimum absolute atomic E-state index is 0.0101. The van der Waals surface area contributed by atoms with Crippen LogP contribution in [-0.2, 0) is 28.9 Å². The van der Waals surface area contributed by atoms with Crippen molar-refractivity contribution in [3.8, 4) is 0 Å². The van der Waals surface area contributed by atoms with Gasteiger partial charge in [0, 0.05) is 18.5 Å². The van der Waals surface area contributed by atoms with Crippen LogP contribution in [0, 0.1) is 6.92 Å². The van der Waals surface area contributed by atoms with E-state index in [2.05, 4.69) is 15.5 Å². The number of aromatic nitrogens is 2. The molecule has 1 aliphatic carbocycles. The summed E-state index contributed by atoms with van der Waals surface area (Å²) in [4.78, 5) is 12.5. The molecule has 2 aliphatic rings. The standard InChI is InChI=1S/C19H22F2N4O3S/c1-12-5-2-3-6-13(12)11-29(27,28)25-9-14-15(10-25)23-24-17(14)18(26)22-16-7-4-8-19(16,20)21/h2-3,5-6,16H,4,7-11H2,1H3,(H,22,26)(H,23,24). The minimum atomic E-state index is -3.62. The largest absolute Gasteiger partial charge is 0.342 e. The highest BCUT2D eigenvalue weighted by Gasteiger charge is 2.45. The number of H-pyrrole nitrogens is 1. The van der Waals surface area contributed by atoms with E-state index < -0.39 is 27.9 Å². The van der Waals surface area contributed by atoms with Gasteiger partial charge in [-0.15, -0.1) is 0 Å². The van der Waals surface area contributed by atoms with Crippen molar-refractivity contribution in [3.05, 3.63) is 52.3 Å². The molecule has 0 bridgehead atoms. The molecule has 1 unspecified atom stereocenters. The summed E-state index contributed by atoms with van der Waals surface area (Å²) >= 11 is 0. The van der Waals surface area contributed by atoms with Crippen LogP contribution in [0.1, 0.15) is 52.1 Å². The number of hydrogen-bond donors (Lipinski definition) is 2. The number of hydrogen-bond acceptors (Lipinski definition) is 4. The van der Waals surface area contributed by atoms with Gasteiger partial charge in [-0.05, 0) is 30.9 Å². The number of amides is 1. The van der Waals surface area contributed by atoms with E-state index in [0.29, 0.717) is 23.2 Å². The summed E-state index contributed by atoms with van der Waals surface area (Å²) in [6.07, 6.45) is 0.311. The topological polar surface area (TPSA) is 95.2 Å². The van der Waals surface area contributed by atoms with E-state index in [9.17, 15) is 22.0 Å². The SMILES string of the molecule is Cc1ccccc1CS(=O)(=O)N1Cc2[nH]nc(C(=O)NC3CCCC3(F)F)c2C1. The number of aryl methyl sites for hydroxylation is 1. The maximum atomic E-state index is 13.8. The predicted octanol–water partition coefficient (Wildman–Crippen LogP) is 2.48. The van der Waals surface area contributed by atoms with Crippen LogP contribution >= 0.6 is 0 Å². The summed E-state index contributed by atoms with van der Waals surface area (Å²) in [6.45, 7) is 1.91. The number of sulfonamides is 1. The van der Waals surface area contributed by atoms with E-state index in [1.165, 1.54) is 4.31 Å². The molecule has 29 heavy (non-hydrogen) atoms. The van der Waals surface area contributed by atoms with Crippen molar-refractivity contribution in [2.24, 2.45) is 0 Å². The first kappa shape index (κ1) is 20.0. The summed E-state index contributed by atoms with van der Waals surface area (Å²) in [5.74, 6) is -3.78. The molecule has 0 spiro atoms. The lowest BCUT2D eigenvalue weighted by molar-refractivity contribution is -0.0165. The lowest BCUT2D eigenvalue weighted by Gasteiger charge is -2.20. The van der Waals surface area contributed by atoms with Gasteiger partial charge in [0.2, 0.25) is 10.0 Å². The summed E-state index contributed by atoms with van der Waals surface area (Å²) in [7, 11) is -3.62. The van der Waals surface area contributed by atoms with Gasteiger partial charge in [0.05, 0.1) is 24.0 Å². The second-order valence-electron chi connectivity index (χ2n) is 7.66. The molecule has 1 amide bonds. The number of aromatic amines is 1. The summed E-state index contributed by atoms with van der Waals surface area (Å²) in [6, 6.07) is 6.03. The van der Waals surface area contributed by atoms with E-state index in [4.69, 9.17) is 0 Å². The molecule has 1 aliphatic heterocycles. The first-order valence-electron chi connectivity index (χ1n) is 9.44. The van der Waals surface area contributed by atoms with Crippen LogP contribution in [0.15, 0.2) is 24.3 Å². The molecule has 156 valence electrons. The molecule has 1 saturated carbocycles. The van der Waals surface area contributed by atoms with Gasteiger partial charge in [-0.25, -0.2) is 17.2 Å². The van der Waals surface area contributed by atoms with Crippen molar-refractivity contribution < 1.29 is 22.0 Å². The van der Waals surface area contributed by atoms with Crippen LogP contribution in [0.25, 0.3) is 0 Å². The zero-order valence-corrected chi connectivity index (χ0v) is 16.7. The van der Waals surface area contributed by atoms with Crippen LogP contribution in [0.5, 0.6) is 0 Å². The molecule has 1 aromatic carbocycles. The van der Waals surface area contributed by atoms with E-state index in [1.54, 1.807) is 12.1 Å². The highest BCUT2D eigenvalue weighted by Crippen LogP contribution is 2.35. The number of fused-ring (bicyclic) bond motifs is 1. The summed E-state index contributed by atoms with van der Waals surface area (Å²) in [5, 5.41) is 8.99. The lowest BCUT2D eigenvalue weighted by Crippen LogP contribution is -2.44. The molecule has 1 aromatic heterocycles. The zero-order valence-electron chi connectivity index (χ0n) is 15.9. The number of nitrogens with zero attached hydrogens (tertiary/aromatic N) is 2. The van der Waals surface area contributed by atoms with E-state index >= 15 is 0 Å². The Balaban J connectivity index is 1.49. The monoisotopic (exact) mass is 424 g/mol. The van der Waals surface area contributed by atoms with Gasteiger partial charge < -0.3 is 5.32 Å². The fraction of sp³-hybridized carbons (Fsp3) is 0.474. The zero-order chi connectivity index (χ0) is 20.8. The first-order chi connectivity index (χ1) is 13.7. The van der Waals surface area contributed by atoms with Crippen molar-refractivity contribution in [2.45, 2.75) is 57.0 Å². The van der Waals surface area contributed by atoms with Crippen LogP contribution in [0.3, 0.4) is 0 Å². The molecular formula is C19H22F2N4O3S. The highest BCUT2D eigenvalue weighted by molar-refractivity contribution is 7.88. The molecule has 7 nitrogen and oxygen atoms in total. The maximum absolute atomic E-state index is 13.8. The number of alkyl halides is 2. The van der Waals surface area contributed by atoms with Gasteiger partial charge in [0.25, 0.3) is 11.8 Å². The van der Waals surface area contributed by atoms with Crippen molar-refractivity contribution >= 4 is 15.9 Å². The Kier molecular flexibility index (Phi) is 4.94. The van der Waals surface area contributed by atoms with Gasteiger partial charge in [-0.1, -0.05) is 24.3 Å². The Morgan fingerprint density at radius 3 is 2.79 bits per heavy atom. The number of carbonyl (C=O) groups is 1. The van der Waals surface area contributed by atoms with Crippen molar-refractivity contribution in [2.75, 3.05) is 0 Å². The van der Waals surface area contributed by atoms with Gasteiger partial charge >= 0.3 is 0 Å². The molecule has 2 N–H and O–H groups in total. The average Bonchev–Trinajstić information content (AvgIpc) is 3.31. The smallest absolute Gasteiger partial charge is 0.272 e. The second kappa shape index (κ2) is 7.17. The van der Waals surface area contributed by atoms with Crippen LogP contribution < -0.4 is 5.32 Å². The summed E-state index contributed by atoms with van der Waals surface area (Å²) in [5.41, 5.74) is 2.53. The fourth-order valence-electron chi connectivity index (χ4n) is 3.89. The maximum Gasteiger partial charge on any atom is 0.272 e. The Morgan fingerprint density at radius 2 is 2.10 bits per heavy atom. The van der Waals surface area contributed by atoms with Gasteiger partial charge in [0.1, 0.15) is 0 Å². The number of carbonyl (C=O) groups excluding carboxylic acids is 1. The lowest BCUT2D eigenvalue weighted by atomic mass is 10.1. The van der Waals surface area contributed by atoms with Crippen molar-refractivity contribution in [3.63, 3.8) is 0 Å². The van der Waals surface area contributed by atoms with Gasteiger partial charge in [-0.2, -0.15) is 9.40 Å². The second-order valence-corrected chi connectivity index (χ2v) is 9.63. The molecule has 2 aromatic rings. The molecule has 1 fully saturated rings. The molecule has 0 radical (unpaired) electrons. The number of benzene rings is 1. The Hall–Kier alpha value is -2.33. The molecule has 1 atom stereocenters. The first-order valence-corrected chi connectivity index (χ1v) is 11.1. The van der Waals surface area contributed by atoms with E-state index in [-0.39, 0.29) is 37.4 Å². The normalized spacial score (nSPS) is 21.3. The third kappa shape index (κ3) is 3.78. The molecular weight excluding hydrogens is 402 g/mol. The van der Waals surface area contributed by atoms with Crippen molar-refractivity contribution in [1.29, 1.82) is 0 Å². The quantitative estimate of drug-likeness (QED) is 0.771. The Bertz CT molecular complexity index is 1050. The fourth-order valence-corrected chi connectivity index (χ4v) is 5.44. The van der Waals surface area contributed by atoms with Crippen LogP contribution in [0.4, 0.5) is 8.78 Å². The molecule has 10 heteroatoms. The predicted molar refractivity (Wildman–Crippen MR) is 102 cm³/mol. The average molecular weight is 424 g/mol. The van der Waals surface area contributed by atoms with E-state index in [0.717, 1.165) is 5.56 Å². The minimum Gasteiger partial charge on any atom is -0.342 e. The van der Waals surface area contributed by atoms with Gasteiger partial charge in [0.15, 0.2) is 5.69 Å². The Morgan fingerprint density at radius 1 is 1.34 bits per heavy atom. The van der Waals surface area contributed by atoms with Crippen molar-refractivity contribution in [1.82, 2.24) is 19.8 Å².